The number of nitrogens with zero attached hydrogens (tertiary/aromatic N) is 1. The van der Waals surface area contributed by atoms with Gasteiger partial charge in [-0.25, -0.2) is 0 Å². The molecule has 0 bridgehead atoms. The third-order valence-electron chi connectivity index (χ3n) is 5.66. The smallest absolute Gasteiger partial charge is 0.101 e. The summed E-state index contributed by atoms with van der Waals surface area (Å²) in [4.78, 5) is 2.76. The van der Waals surface area contributed by atoms with E-state index in [2.05, 4.69) is 25.7 Å². The lowest BCUT2D eigenvalue weighted by Crippen LogP contribution is -2.51. The molecular weight excluding hydrogens is 241 g/mol. The van der Waals surface area contributed by atoms with Crippen LogP contribution in [0.2, 0.25) is 6.32 Å². The second kappa shape index (κ2) is 6.51. The Morgan fingerprint density at radius 2 is 1.95 bits per heavy atom. The molecule has 0 amide bonds. The summed E-state index contributed by atoms with van der Waals surface area (Å²) in [7, 11) is 2.29. The predicted octanol–water partition coefficient (Wildman–Crippen LogP) is 3.73. The predicted molar refractivity (Wildman–Crippen MR) is 89.9 cm³/mol. The van der Waals surface area contributed by atoms with Crippen LogP contribution in [0.5, 0.6) is 0 Å². The van der Waals surface area contributed by atoms with E-state index in [1.807, 2.05) is 0 Å². The van der Waals surface area contributed by atoms with E-state index in [-0.39, 0.29) is 0 Å². The number of hydrogen-bond acceptors (Lipinski definition) is 1. The molecule has 2 heteroatoms. The zero-order chi connectivity index (χ0) is 13.9. The first kappa shape index (κ1) is 14.4. The summed E-state index contributed by atoms with van der Waals surface area (Å²) in [6, 6.07) is 0.948. The Bertz CT molecular complexity index is 398. The van der Waals surface area contributed by atoms with Crippen molar-refractivity contribution in [2.24, 2.45) is 5.92 Å². The fourth-order valence-electron chi connectivity index (χ4n) is 4.43. The Labute approximate surface area is 125 Å². The van der Waals surface area contributed by atoms with Crippen LogP contribution in [0.3, 0.4) is 0 Å². The van der Waals surface area contributed by atoms with Gasteiger partial charge in [0.15, 0.2) is 0 Å². The van der Waals surface area contributed by atoms with Gasteiger partial charge in [0.2, 0.25) is 0 Å². The third-order valence-corrected chi connectivity index (χ3v) is 5.66. The molecule has 2 fully saturated rings. The molecular formula is C18H30BN. The van der Waals surface area contributed by atoms with Crippen molar-refractivity contribution in [1.29, 1.82) is 0 Å². The second-order valence-corrected chi connectivity index (χ2v) is 7.30. The van der Waals surface area contributed by atoms with E-state index in [9.17, 15) is 0 Å². The van der Waals surface area contributed by atoms with Crippen molar-refractivity contribution < 1.29 is 0 Å². The van der Waals surface area contributed by atoms with E-state index >= 15 is 0 Å². The van der Waals surface area contributed by atoms with Gasteiger partial charge in [0, 0.05) is 19.1 Å². The lowest BCUT2D eigenvalue weighted by atomic mass is 9.82. The van der Waals surface area contributed by atoms with Crippen LogP contribution in [0.25, 0.3) is 0 Å². The quantitative estimate of drug-likeness (QED) is 0.689. The van der Waals surface area contributed by atoms with Crippen molar-refractivity contribution in [2.45, 2.75) is 70.7 Å². The van der Waals surface area contributed by atoms with Gasteiger partial charge in [-0.2, -0.15) is 0 Å². The first-order valence-electron chi connectivity index (χ1n) is 8.88. The Morgan fingerprint density at radius 3 is 2.60 bits per heavy atom. The van der Waals surface area contributed by atoms with Crippen LogP contribution in [0.4, 0.5) is 0 Å². The molecule has 1 nitrogen and oxygen atoms in total. The molecule has 0 spiro atoms. The van der Waals surface area contributed by atoms with E-state index in [4.69, 9.17) is 0 Å². The molecule has 1 saturated carbocycles. The summed E-state index contributed by atoms with van der Waals surface area (Å²) in [6.45, 7) is 5.11. The van der Waals surface area contributed by atoms with Gasteiger partial charge in [-0.3, -0.25) is 4.90 Å². The Kier molecular flexibility index (Phi) is 4.70. The molecule has 2 aliphatic carbocycles. The minimum atomic E-state index is 0.948. The Morgan fingerprint density at radius 1 is 1.20 bits per heavy atom. The average molecular weight is 271 g/mol. The van der Waals surface area contributed by atoms with E-state index in [1.165, 1.54) is 70.8 Å². The molecule has 0 aromatic rings. The molecule has 3 aliphatic rings. The Hall–Kier alpha value is -0.495. The molecule has 20 heavy (non-hydrogen) atoms. The summed E-state index contributed by atoms with van der Waals surface area (Å²) in [5.74, 6) is 0.960. The van der Waals surface area contributed by atoms with Crippen molar-refractivity contribution in [3.63, 3.8) is 0 Å². The summed E-state index contributed by atoms with van der Waals surface area (Å²) >= 11 is 0. The first-order chi connectivity index (χ1) is 9.76. The lowest BCUT2D eigenvalue weighted by Gasteiger charge is -2.44. The topological polar surface area (TPSA) is 3.24 Å². The molecule has 0 unspecified atom stereocenters. The maximum absolute atomic E-state index is 2.76. The van der Waals surface area contributed by atoms with Gasteiger partial charge in [-0.05, 0) is 51.4 Å². The lowest BCUT2D eigenvalue weighted by molar-refractivity contribution is 0.0549. The molecule has 0 radical (unpaired) electrons. The monoisotopic (exact) mass is 271 g/mol. The van der Waals surface area contributed by atoms with Gasteiger partial charge < -0.3 is 0 Å². The van der Waals surface area contributed by atoms with Crippen LogP contribution < -0.4 is 0 Å². The highest BCUT2D eigenvalue weighted by atomic mass is 15.2. The van der Waals surface area contributed by atoms with Gasteiger partial charge in [0.1, 0.15) is 7.85 Å². The summed E-state index contributed by atoms with van der Waals surface area (Å²) in [5.41, 5.74) is 5.05. The van der Waals surface area contributed by atoms with Crippen molar-refractivity contribution in [2.75, 3.05) is 13.1 Å². The van der Waals surface area contributed by atoms with Gasteiger partial charge in [0.05, 0.1) is 0 Å². The maximum Gasteiger partial charge on any atom is 0.101 e. The number of rotatable bonds is 5. The van der Waals surface area contributed by atoms with Crippen LogP contribution in [0.1, 0.15) is 58.3 Å². The fourth-order valence-corrected chi connectivity index (χ4v) is 4.43. The molecule has 1 aliphatic heterocycles. The third kappa shape index (κ3) is 3.22. The molecule has 3 rings (SSSR count). The minimum absolute atomic E-state index is 0.948. The standard InChI is InChI=1S/C18H30BN/c1-14-10-15(8-9-19)6-7-17(14)11-16-12-20(13-16)18-4-2-3-5-18/h10,16,18H,2-9,11-13,19H2,1H3. The molecule has 110 valence electrons. The number of likely N-dealkylation sites (tertiary alicyclic amines) is 1. The number of hydrogen-bond donors (Lipinski definition) is 0. The maximum atomic E-state index is 2.76. The summed E-state index contributed by atoms with van der Waals surface area (Å²) in [5, 5.41) is 0. The summed E-state index contributed by atoms with van der Waals surface area (Å²) < 4.78 is 0. The molecule has 0 aromatic heterocycles. The van der Waals surface area contributed by atoms with E-state index in [1.54, 1.807) is 16.7 Å². The molecule has 0 aromatic carbocycles. The Balaban J connectivity index is 1.48. The highest BCUT2D eigenvalue weighted by Crippen LogP contribution is 2.35. The van der Waals surface area contributed by atoms with Gasteiger partial charge >= 0.3 is 0 Å². The van der Waals surface area contributed by atoms with Crippen LogP contribution in [0, 0.1) is 5.92 Å². The highest BCUT2D eigenvalue weighted by molar-refractivity contribution is 6.08. The average Bonchev–Trinajstić information content (AvgIpc) is 2.89. The van der Waals surface area contributed by atoms with Crippen LogP contribution in [-0.4, -0.2) is 31.9 Å². The van der Waals surface area contributed by atoms with Crippen molar-refractivity contribution in [1.82, 2.24) is 4.90 Å². The number of allylic oxidation sites excluding steroid dienone is 4. The SMILES string of the molecule is BCCC1=CC(C)=C(CC2CN(C3CCCC3)C2)CC1. The molecule has 1 saturated heterocycles. The van der Waals surface area contributed by atoms with Crippen molar-refractivity contribution in [3.8, 4) is 0 Å². The molecule has 1 heterocycles. The largest absolute Gasteiger partial charge is 0.300 e. The summed E-state index contributed by atoms with van der Waals surface area (Å²) in [6.07, 6.45) is 15.0. The van der Waals surface area contributed by atoms with Crippen LogP contribution >= 0.6 is 0 Å². The zero-order valence-corrected chi connectivity index (χ0v) is 13.5. The first-order valence-corrected chi connectivity index (χ1v) is 8.88. The molecule has 0 N–H and O–H groups in total. The second-order valence-electron chi connectivity index (χ2n) is 7.30. The van der Waals surface area contributed by atoms with Crippen molar-refractivity contribution in [3.05, 3.63) is 22.8 Å². The van der Waals surface area contributed by atoms with Gasteiger partial charge in [0.25, 0.3) is 0 Å². The highest BCUT2D eigenvalue weighted by Gasteiger charge is 2.34. The van der Waals surface area contributed by atoms with Crippen LogP contribution in [-0.2, 0) is 0 Å². The normalized spacial score (nSPS) is 25.9. The van der Waals surface area contributed by atoms with Gasteiger partial charge in [-0.15, -0.1) is 0 Å². The van der Waals surface area contributed by atoms with E-state index in [0.29, 0.717) is 0 Å². The van der Waals surface area contributed by atoms with E-state index in [0.717, 1.165) is 12.0 Å². The molecule has 0 atom stereocenters. The van der Waals surface area contributed by atoms with Crippen LogP contribution in [0.15, 0.2) is 22.8 Å². The van der Waals surface area contributed by atoms with E-state index < -0.39 is 0 Å². The minimum Gasteiger partial charge on any atom is -0.300 e. The fraction of sp³-hybridized carbons (Fsp3) is 0.778. The zero-order valence-electron chi connectivity index (χ0n) is 13.5. The van der Waals surface area contributed by atoms with Gasteiger partial charge in [-0.1, -0.05) is 42.0 Å². The van der Waals surface area contributed by atoms with Crippen molar-refractivity contribution >= 4 is 7.85 Å².